The molecule has 0 saturated carbocycles. The standard InChI is InChI=1S/C16H21N5/c1-4-11-6-8-12(9-7-11)10-21-15-14(18-16(21)17)13(5-2)19-20(15)3/h6-9H,4-5,10H2,1-3H3,(H2,17,18). The maximum atomic E-state index is 6.10. The van der Waals surface area contributed by atoms with E-state index in [1.165, 1.54) is 11.1 Å². The lowest BCUT2D eigenvalue weighted by atomic mass is 10.1. The van der Waals surface area contributed by atoms with E-state index >= 15 is 0 Å². The summed E-state index contributed by atoms with van der Waals surface area (Å²) in [6.07, 6.45) is 1.92. The summed E-state index contributed by atoms with van der Waals surface area (Å²) in [5.74, 6) is 0.548. The molecule has 0 fully saturated rings. The third-order valence-electron chi connectivity index (χ3n) is 3.93. The van der Waals surface area contributed by atoms with E-state index in [4.69, 9.17) is 5.73 Å². The number of nitrogen functional groups attached to an aromatic ring is 1. The minimum atomic E-state index is 0.548. The van der Waals surface area contributed by atoms with Crippen LogP contribution in [0.3, 0.4) is 0 Å². The first-order valence-electron chi connectivity index (χ1n) is 7.39. The quantitative estimate of drug-likeness (QED) is 0.800. The van der Waals surface area contributed by atoms with Crippen molar-refractivity contribution < 1.29 is 0 Å². The summed E-state index contributed by atoms with van der Waals surface area (Å²) in [6.45, 7) is 4.96. The number of aryl methyl sites for hydroxylation is 3. The molecule has 0 aliphatic rings. The van der Waals surface area contributed by atoms with Gasteiger partial charge in [0.2, 0.25) is 5.95 Å². The van der Waals surface area contributed by atoms with Gasteiger partial charge in [0.15, 0.2) is 5.65 Å². The van der Waals surface area contributed by atoms with Crippen LogP contribution in [0.15, 0.2) is 24.3 Å². The number of nitrogens with zero attached hydrogens (tertiary/aromatic N) is 4. The van der Waals surface area contributed by atoms with Crippen molar-refractivity contribution in [3.8, 4) is 0 Å². The number of hydrogen-bond acceptors (Lipinski definition) is 3. The van der Waals surface area contributed by atoms with Crippen molar-refractivity contribution in [2.24, 2.45) is 7.05 Å². The van der Waals surface area contributed by atoms with Crippen molar-refractivity contribution in [3.63, 3.8) is 0 Å². The van der Waals surface area contributed by atoms with E-state index < -0.39 is 0 Å². The van der Waals surface area contributed by atoms with Crippen LogP contribution in [0.2, 0.25) is 0 Å². The Labute approximate surface area is 124 Å². The zero-order chi connectivity index (χ0) is 15.0. The SMILES string of the molecule is CCc1ccc(Cn2c(N)nc3c(CC)nn(C)c32)cc1. The van der Waals surface area contributed by atoms with E-state index in [2.05, 4.69) is 48.2 Å². The Balaban J connectivity index is 2.03. The van der Waals surface area contributed by atoms with Gasteiger partial charge >= 0.3 is 0 Å². The molecule has 110 valence electrons. The highest BCUT2D eigenvalue weighted by Crippen LogP contribution is 2.22. The molecule has 5 heteroatoms. The summed E-state index contributed by atoms with van der Waals surface area (Å²) in [5.41, 5.74) is 11.6. The van der Waals surface area contributed by atoms with E-state index in [-0.39, 0.29) is 0 Å². The fourth-order valence-electron chi connectivity index (χ4n) is 2.72. The number of fused-ring (bicyclic) bond motifs is 1. The fourth-order valence-corrected chi connectivity index (χ4v) is 2.72. The largest absolute Gasteiger partial charge is 0.369 e. The molecular weight excluding hydrogens is 262 g/mol. The molecule has 0 aliphatic carbocycles. The van der Waals surface area contributed by atoms with E-state index in [9.17, 15) is 0 Å². The van der Waals surface area contributed by atoms with Crippen molar-refractivity contribution >= 4 is 17.1 Å². The Morgan fingerprint density at radius 1 is 1.05 bits per heavy atom. The first kappa shape index (κ1) is 13.7. The van der Waals surface area contributed by atoms with Gasteiger partial charge in [0.05, 0.1) is 12.2 Å². The number of rotatable bonds is 4. The highest BCUT2D eigenvalue weighted by molar-refractivity contribution is 5.77. The van der Waals surface area contributed by atoms with Crippen LogP contribution in [-0.2, 0) is 26.4 Å². The first-order chi connectivity index (χ1) is 10.1. The van der Waals surface area contributed by atoms with Gasteiger partial charge in [-0.15, -0.1) is 0 Å². The van der Waals surface area contributed by atoms with E-state index in [1.54, 1.807) is 0 Å². The van der Waals surface area contributed by atoms with Gasteiger partial charge in [-0.05, 0) is 24.0 Å². The molecule has 21 heavy (non-hydrogen) atoms. The molecular formula is C16H21N5. The van der Waals surface area contributed by atoms with Crippen LogP contribution in [0.5, 0.6) is 0 Å². The topological polar surface area (TPSA) is 61.7 Å². The van der Waals surface area contributed by atoms with Gasteiger partial charge < -0.3 is 5.73 Å². The molecule has 0 aliphatic heterocycles. The number of anilines is 1. The molecule has 3 aromatic rings. The summed E-state index contributed by atoms with van der Waals surface area (Å²) >= 11 is 0. The molecule has 0 atom stereocenters. The predicted molar refractivity (Wildman–Crippen MR) is 85.2 cm³/mol. The number of aromatic nitrogens is 4. The molecule has 3 rings (SSSR count). The zero-order valence-electron chi connectivity index (χ0n) is 12.8. The molecule has 1 aromatic carbocycles. The van der Waals surface area contributed by atoms with E-state index in [1.807, 2.05) is 16.3 Å². The molecule has 0 radical (unpaired) electrons. The van der Waals surface area contributed by atoms with Crippen LogP contribution < -0.4 is 5.73 Å². The zero-order valence-corrected chi connectivity index (χ0v) is 12.8. The Kier molecular flexibility index (Phi) is 3.41. The Bertz CT molecular complexity index is 764. The highest BCUT2D eigenvalue weighted by atomic mass is 15.3. The second kappa shape index (κ2) is 5.24. The van der Waals surface area contributed by atoms with Crippen LogP contribution in [-0.4, -0.2) is 19.3 Å². The van der Waals surface area contributed by atoms with Crippen molar-refractivity contribution in [2.45, 2.75) is 33.2 Å². The highest BCUT2D eigenvalue weighted by Gasteiger charge is 2.16. The van der Waals surface area contributed by atoms with Crippen LogP contribution in [0.4, 0.5) is 5.95 Å². The minimum Gasteiger partial charge on any atom is -0.369 e. The Morgan fingerprint density at radius 3 is 2.33 bits per heavy atom. The molecule has 0 unspecified atom stereocenters. The van der Waals surface area contributed by atoms with Gasteiger partial charge in [0.1, 0.15) is 5.52 Å². The number of benzene rings is 1. The van der Waals surface area contributed by atoms with Crippen LogP contribution >= 0.6 is 0 Å². The number of hydrogen-bond donors (Lipinski definition) is 1. The smallest absolute Gasteiger partial charge is 0.202 e. The van der Waals surface area contributed by atoms with Gasteiger partial charge in [-0.2, -0.15) is 5.10 Å². The van der Waals surface area contributed by atoms with Crippen LogP contribution in [0.1, 0.15) is 30.7 Å². The lowest BCUT2D eigenvalue weighted by molar-refractivity contribution is 0.719. The van der Waals surface area contributed by atoms with Crippen molar-refractivity contribution in [2.75, 3.05) is 5.73 Å². The Morgan fingerprint density at radius 2 is 1.71 bits per heavy atom. The fraction of sp³-hybridized carbons (Fsp3) is 0.375. The monoisotopic (exact) mass is 283 g/mol. The van der Waals surface area contributed by atoms with E-state index in [0.717, 1.165) is 36.2 Å². The second-order valence-corrected chi connectivity index (χ2v) is 5.32. The predicted octanol–water partition coefficient (Wildman–Crippen LogP) is 2.53. The summed E-state index contributed by atoms with van der Waals surface area (Å²) in [5, 5.41) is 4.52. The summed E-state index contributed by atoms with van der Waals surface area (Å²) in [4.78, 5) is 4.49. The van der Waals surface area contributed by atoms with Crippen molar-refractivity contribution in [3.05, 3.63) is 41.1 Å². The number of nitrogens with two attached hydrogens (primary N) is 1. The number of imidazole rings is 1. The third kappa shape index (κ3) is 2.28. The van der Waals surface area contributed by atoms with Gasteiger partial charge in [-0.1, -0.05) is 38.1 Å². The van der Waals surface area contributed by atoms with Gasteiger partial charge in [0.25, 0.3) is 0 Å². The molecule has 0 saturated heterocycles. The Hall–Kier alpha value is -2.30. The maximum absolute atomic E-state index is 6.10. The molecule has 0 amide bonds. The summed E-state index contributed by atoms with van der Waals surface area (Å²) in [7, 11) is 1.94. The van der Waals surface area contributed by atoms with Gasteiger partial charge in [0, 0.05) is 7.05 Å². The molecule has 0 bridgehead atoms. The lowest BCUT2D eigenvalue weighted by Gasteiger charge is -2.08. The van der Waals surface area contributed by atoms with Crippen molar-refractivity contribution in [1.29, 1.82) is 0 Å². The average molecular weight is 283 g/mol. The third-order valence-corrected chi connectivity index (χ3v) is 3.93. The van der Waals surface area contributed by atoms with Gasteiger partial charge in [-0.25, -0.2) is 4.98 Å². The normalized spacial score (nSPS) is 11.4. The molecule has 0 spiro atoms. The molecule has 5 nitrogen and oxygen atoms in total. The average Bonchev–Trinajstić information content (AvgIpc) is 2.98. The molecule has 2 heterocycles. The minimum absolute atomic E-state index is 0.548. The molecule has 2 N–H and O–H groups in total. The second-order valence-electron chi connectivity index (χ2n) is 5.32. The van der Waals surface area contributed by atoms with Crippen LogP contribution in [0.25, 0.3) is 11.2 Å². The van der Waals surface area contributed by atoms with E-state index in [0.29, 0.717) is 5.95 Å². The summed E-state index contributed by atoms with van der Waals surface area (Å²) < 4.78 is 3.90. The van der Waals surface area contributed by atoms with Crippen molar-refractivity contribution in [1.82, 2.24) is 19.3 Å². The maximum Gasteiger partial charge on any atom is 0.202 e. The van der Waals surface area contributed by atoms with Crippen LogP contribution in [0, 0.1) is 0 Å². The molecule has 2 aromatic heterocycles. The first-order valence-corrected chi connectivity index (χ1v) is 7.39. The summed E-state index contributed by atoms with van der Waals surface area (Å²) in [6, 6.07) is 8.64. The lowest BCUT2D eigenvalue weighted by Crippen LogP contribution is -2.08. The van der Waals surface area contributed by atoms with Gasteiger partial charge in [-0.3, -0.25) is 9.25 Å².